The smallest absolute Gasteiger partial charge is 0.387 e. The molecule has 0 saturated carbocycles. The second kappa shape index (κ2) is 12.5. The van der Waals surface area contributed by atoms with Crippen LogP contribution in [0.25, 0.3) is 16.9 Å². The van der Waals surface area contributed by atoms with E-state index in [-0.39, 0.29) is 35.0 Å². The van der Waals surface area contributed by atoms with E-state index in [2.05, 4.69) is 26.4 Å². The van der Waals surface area contributed by atoms with Crippen LogP contribution in [0.3, 0.4) is 0 Å². The molecular formula is C31H28F2N8O3. The van der Waals surface area contributed by atoms with Crippen molar-refractivity contribution in [3.05, 3.63) is 84.4 Å². The van der Waals surface area contributed by atoms with Crippen LogP contribution >= 0.6 is 0 Å². The monoisotopic (exact) mass is 598 g/mol. The second-order valence-corrected chi connectivity index (χ2v) is 10.4. The number of likely N-dealkylation sites (tertiary alicyclic amines) is 1. The predicted octanol–water partition coefficient (Wildman–Crippen LogP) is 5.40. The number of nitriles is 1. The van der Waals surface area contributed by atoms with Crippen LogP contribution < -0.4 is 14.8 Å². The third-order valence-corrected chi connectivity index (χ3v) is 7.44. The zero-order chi connectivity index (χ0) is 30.6. The summed E-state index contributed by atoms with van der Waals surface area (Å²) in [5, 5.41) is 20.9. The highest BCUT2D eigenvalue weighted by atomic mass is 19.3. The van der Waals surface area contributed by atoms with Crippen LogP contribution in [0.5, 0.6) is 17.2 Å². The molecule has 4 heterocycles. The van der Waals surface area contributed by atoms with Gasteiger partial charge < -0.3 is 19.7 Å². The zero-order valence-corrected chi connectivity index (χ0v) is 23.7. The average molecular weight is 599 g/mol. The molecule has 224 valence electrons. The number of aromatic nitrogens is 5. The SMILES string of the molecule is CN1CCC[C@H]1Cn1cc(NC(=O)c2cnn3cccnc23)c(-c2cc(Oc3cccc(CC#N)c3)ccc2OC(F)F)n1. The first-order valence-corrected chi connectivity index (χ1v) is 14.0. The van der Waals surface area contributed by atoms with Crippen LogP contribution in [0.4, 0.5) is 14.5 Å². The lowest BCUT2D eigenvalue weighted by atomic mass is 10.1. The summed E-state index contributed by atoms with van der Waals surface area (Å²) in [7, 11) is 2.05. The van der Waals surface area contributed by atoms with E-state index in [0.29, 0.717) is 29.4 Å². The third kappa shape index (κ3) is 6.20. The third-order valence-electron chi connectivity index (χ3n) is 7.44. The molecular weight excluding hydrogens is 570 g/mol. The Morgan fingerprint density at radius 3 is 2.86 bits per heavy atom. The van der Waals surface area contributed by atoms with Crippen molar-refractivity contribution in [3.63, 3.8) is 0 Å². The number of hydrogen-bond donors (Lipinski definition) is 1. The molecule has 11 nitrogen and oxygen atoms in total. The Kier molecular flexibility index (Phi) is 8.16. The molecule has 0 bridgehead atoms. The van der Waals surface area contributed by atoms with E-state index in [0.717, 1.165) is 24.9 Å². The topological polar surface area (TPSA) is 123 Å². The molecule has 6 rings (SSSR count). The first kappa shape index (κ1) is 28.8. The Balaban J connectivity index is 1.40. The van der Waals surface area contributed by atoms with Crippen molar-refractivity contribution in [2.24, 2.45) is 0 Å². The summed E-state index contributed by atoms with van der Waals surface area (Å²) in [5.74, 6) is 0.164. The van der Waals surface area contributed by atoms with E-state index in [9.17, 15) is 13.6 Å². The summed E-state index contributed by atoms with van der Waals surface area (Å²) >= 11 is 0. The molecule has 1 aliphatic rings. The number of alkyl halides is 2. The summed E-state index contributed by atoms with van der Waals surface area (Å²) in [5.41, 5.74) is 2.08. The van der Waals surface area contributed by atoms with E-state index < -0.39 is 12.5 Å². The Hall–Kier alpha value is -5.35. The van der Waals surface area contributed by atoms with E-state index in [1.165, 1.54) is 28.9 Å². The Bertz CT molecular complexity index is 1850. The Labute approximate surface area is 251 Å². The van der Waals surface area contributed by atoms with Gasteiger partial charge in [0.25, 0.3) is 5.91 Å². The van der Waals surface area contributed by atoms with E-state index in [1.807, 2.05) is 13.1 Å². The number of anilines is 1. The Morgan fingerprint density at radius 2 is 2.07 bits per heavy atom. The number of benzene rings is 2. The molecule has 0 aliphatic carbocycles. The molecule has 13 heteroatoms. The number of carbonyl (C=O) groups excluding carboxylic acids is 1. The van der Waals surface area contributed by atoms with Crippen molar-refractivity contribution in [1.29, 1.82) is 5.26 Å². The summed E-state index contributed by atoms with van der Waals surface area (Å²) in [6, 6.07) is 15.5. The van der Waals surface area contributed by atoms with Crippen LogP contribution in [-0.4, -0.2) is 61.4 Å². The largest absolute Gasteiger partial charge is 0.457 e. The molecule has 2 aromatic carbocycles. The number of rotatable bonds is 10. The molecule has 1 atom stereocenters. The van der Waals surface area contributed by atoms with Crippen LogP contribution in [0.2, 0.25) is 0 Å². The molecule has 1 amide bonds. The van der Waals surface area contributed by atoms with E-state index >= 15 is 0 Å². The van der Waals surface area contributed by atoms with Crippen LogP contribution in [0.1, 0.15) is 28.8 Å². The van der Waals surface area contributed by atoms with Crippen LogP contribution in [-0.2, 0) is 13.0 Å². The van der Waals surface area contributed by atoms with Gasteiger partial charge in [0, 0.05) is 24.6 Å². The van der Waals surface area contributed by atoms with Gasteiger partial charge in [0.15, 0.2) is 5.65 Å². The molecule has 44 heavy (non-hydrogen) atoms. The predicted molar refractivity (Wildman–Crippen MR) is 157 cm³/mol. The van der Waals surface area contributed by atoms with Gasteiger partial charge in [-0.3, -0.25) is 9.48 Å². The van der Waals surface area contributed by atoms with Gasteiger partial charge in [0.1, 0.15) is 28.5 Å². The number of ether oxygens (including phenoxy) is 2. The number of amides is 1. The molecule has 5 aromatic rings. The minimum Gasteiger partial charge on any atom is -0.457 e. The quantitative estimate of drug-likeness (QED) is 0.227. The maximum Gasteiger partial charge on any atom is 0.387 e. The standard InChI is InChI=1S/C31H28F2N8O3/c1-39-13-3-6-21(39)18-40-19-26(37-30(42)25-17-36-41-14-4-12-35-29(25)41)28(38-40)24-16-23(8-9-27(24)44-31(32)33)43-22-7-2-5-20(15-22)10-11-34/h2,4-5,7-9,12,14-17,19,21,31H,3,6,10,13,18H2,1H3,(H,37,42)/t21-/m0/s1. The second-order valence-electron chi connectivity index (χ2n) is 10.4. The summed E-state index contributed by atoms with van der Waals surface area (Å²) in [4.78, 5) is 20.0. The lowest BCUT2D eigenvalue weighted by molar-refractivity contribution is -0.0494. The average Bonchev–Trinajstić information content (AvgIpc) is 3.73. The number of carbonyl (C=O) groups is 1. The van der Waals surface area contributed by atoms with Gasteiger partial charge in [0.05, 0.1) is 36.5 Å². The van der Waals surface area contributed by atoms with Crippen molar-refractivity contribution in [2.45, 2.75) is 38.5 Å². The van der Waals surface area contributed by atoms with Gasteiger partial charge >= 0.3 is 6.61 Å². The minimum absolute atomic E-state index is 0.137. The van der Waals surface area contributed by atoms with Crippen LogP contribution in [0, 0.1) is 11.3 Å². The molecule has 1 saturated heterocycles. The molecule has 0 unspecified atom stereocenters. The zero-order valence-electron chi connectivity index (χ0n) is 23.7. The van der Waals surface area contributed by atoms with Gasteiger partial charge in [-0.1, -0.05) is 12.1 Å². The molecule has 0 radical (unpaired) electrons. The Morgan fingerprint density at radius 1 is 1.20 bits per heavy atom. The van der Waals surface area contributed by atoms with Crippen molar-refractivity contribution in [1.82, 2.24) is 29.3 Å². The maximum absolute atomic E-state index is 13.5. The molecule has 3 aromatic heterocycles. The van der Waals surface area contributed by atoms with Gasteiger partial charge in [-0.05, 0) is 68.4 Å². The van der Waals surface area contributed by atoms with Gasteiger partial charge in [-0.2, -0.15) is 24.2 Å². The van der Waals surface area contributed by atoms with Gasteiger partial charge in [-0.25, -0.2) is 9.50 Å². The fourth-order valence-corrected chi connectivity index (χ4v) is 5.31. The highest BCUT2D eigenvalue weighted by Gasteiger charge is 2.25. The minimum atomic E-state index is -3.10. The summed E-state index contributed by atoms with van der Waals surface area (Å²) < 4.78 is 41.2. The lowest BCUT2D eigenvalue weighted by Gasteiger charge is -2.19. The number of nitrogens with one attached hydrogen (secondary N) is 1. The van der Waals surface area contributed by atoms with Crippen molar-refractivity contribution >= 4 is 17.2 Å². The van der Waals surface area contributed by atoms with E-state index in [4.69, 9.17) is 19.8 Å². The van der Waals surface area contributed by atoms with Crippen molar-refractivity contribution in [2.75, 3.05) is 18.9 Å². The first-order chi connectivity index (χ1) is 21.4. The summed E-state index contributed by atoms with van der Waals surface area (Å²) in [6.45, 7) is -1.60. The highest BCUT2D eigenvalue weighted by Crippen LogP contribution is 2.39. The van der Waals surface area contributed by atoms with E-state index in [1.54, 1.807) is 47.5 Å². The first-order valence-electron chi connectivity index (χ1n) is 14.0. The summed E-state index contributed by atoms with van der Waals surface area (Å²) in [6.07, 6.45) is 8.58. The molecule has 1 aliphatic heterocycles. The molecule has 0 spiro atoms. The van der Waals surface area contributed by atoms with Gasteiger partial charge in [-0.15, -0.1) is 0 Å². The maximum atomic E-state index is 13.5. The number of halogens is 2. The fraction of sp³-hybridized carbons (Fsp3) is 0.258. The van der Waals surface area contributed by atoms with Crippen molar-refractivity contribution in [3.8, 4) is 34.6 Å². The van der Waals surface area contributed by atoms with Crippen LogP contribution in [0.15, 0.2) is 73.3 Å². The highest BCUT2D eigenvalue weighted by molar-refractivity contribution is 6.09. The number of nitrogens with zero attached hydrogens (tertiary/aromatic N) is 7. The number of hydrogen-bond acceptors (Lipinski definition) is 8. The lowest BCUT2D eigenvalue weighted by Crippen LogP contribution is -2.29. The fourth-order valence-electron chi connectivity index (χ4n) is 5.31. The number of likely N-dealkylation sites (N-methyl/N-ethyl adjacent to an activating group) is 1. The molecule has 1 fully saturated rings. The van der Waals surface area contributed by atoms with Crippen molar-refractivity contribution < 1.29 is 23.0 Å². The normalized spacial score (nSPS) is 15.0. The van der Waals surface area contributed by atoms with Gasteiger partial charge in [0.2, 0.25) is 0 Å². The molecule has 1 N–H and O–H groups in total. The number of fused-ring (bicyclic) bond motifs is 1.